The molecule has 1 amide bonds. The van der Waals surface area contributed by atoms with Crippen LogP contribution in [0.1, 0.15) is 34.1 Å². The fourth-order valence-corrected chi connectivity index (χ4v) is 1.86. The highest BCUT2D eigenvalue weighted by Gasteiger charge is 2.23. The molecule has 0 fully saturated rings. The molecule has 0 bridgehead atoms. The number of rotatable bonds is 6. The first-order valence-corrected chi connectivity index (χ1v) is 7.36. The van der Waals surface area contributed by atoms with Gasteiger partial charge in [-0.1, -0.05) is 20.8 Å². The number of methoxy groups -OCH3 is 1. The van der Waals surface area contributed by atoms with Gasteiger partial charge in [0, 0.05) is 6.07 Å². The number of nitrogens with zero attached hydrogens (tertiary/aromatic N) is 1. The molecule has 0 saturated carbocycles. The van der Waals surface area contributed by atoms with Gasteiger partial charge in [-0.3, -0.25) is 19.7 Å². The van der Waals surface area contributed by atoms with Gasteiger partial charge in [-0.25, -0.2) is 0 Å². The average molecular weight is 338 g/mol. The molecular weight excluding hydrogens is 316 g/mol. The van der Waals surface area contributed by atoms with Crippen molar-refractivity contribution in [3.05, 3.63) is 28.3 Å². The molecule has 0 aromatic heterocycles. The predicted molar refractivity (Wildman–Crippen MR) is 87.9 cm³/mol. The molecule has 132 valence electrons. The molecule has 0 unspecified atom stereocenters. The van der Waals surface area contributed by atoms with Crippen LogP contribution >= 0.6 is 0 Å². The Bertz CT molecular complexity index is 636. The first-order chi connectivity index (χ1) is 11.0. The summed E-state index contributed by atoms with van der Waals surface area (Å²) in [7, 11) is 1.33. The number of hydrogen-bond acceptors (Lipinski definition) is 6. The second kappa shape index (κ2) is 7.76. The minimum atomic E-state index is -1.00. The number of amides is 1. The van der Waals surface area contributed by atoms with E-state index in [4.69, 9.17) is 9.47 Å². The maximum absolute atomic E-state index is 12.1. The number of anilines is 1. The lowest BCUT2D eigenvalue weighted by Crippen LogP contribution is -2.31. The highest BCUT2D eigenvalue weighted by Crippen LogP contribution is 2.29. The van der Waals surface area contributed by atoms with Crippen molar-refractivity contribution in [3.8, 4) is 5.75 Å². The van der Waals surface area contributed by atoms with E-state index in [1.165, 1.54) is 32.2 Å². The molecule has 1 atom stereocenters. The molecule has 0 aliphatic carbocycles. The van der Waals surface area contributed by atoms with Crippen molar-refractivity contribution >= 4 is 23.3 Å². The van der Waals surface area contributed by atoms with Crippen LogP contribution in [0.4, 0.5) is 11.4 Å². The van der Waals surface area contributed by atoms with Crippen LogP contribution < -0.4 is 10.1 Å². The Kier molecular flexibility index (Phi) is 6.27. The van der Waals surface area contributed by atoms with Gasteiger partial charge in [0.1, 0.15) is 5.75 Å². The molecule has 0 saturated heterocycles. The lowest BCUT2D eigenvalue weighted by atomic mass is 9.92. The zero-order valence-electron chi connectivity index (χ0n) is 14.4. The van der Waals surface area contributed by atoms with E-state index in [9.17, 15) is 19.7 Å². The monoisotopic (exact) mass is 338 g/mol. The van der Waals surface area contributed by atoms with Crippen LogP contribution in [0.3, 0.4) is 0 Å². The molecule has 0 aliphatic rings. The topological polar surface area (TPSA) is 108 Å². The molecule has 0 radical (unpaired) electrons. The Morgan fingerprint density at radius 3 is 2.46 bits per heavy atom. The normalized spacial score (nSPS) is 12.2. The van der Waals surface area contributed by atoms with Crippen LogP contribution in [0.25, 0.3) is 0 Å². The van der Waals surface area contributed by atoms with E-state index in [0.717, 1.165) is 0 Å². The number of nitro benzene ring substituents is 1. The lowest BCUT2D eigenvalue weighted by molar-refractivity contribution is -0.384. The molecule has 1 aromatic rings. The molecule has 0 aliphatic heterocycles. The molecule has 0 spiro atoms. The largest absolute Gasteiger partial charge is 0.494 e. The van der Waals surface area contributed by atoms with E-state index in [-0.39, 0.29) is 29.0 Å². The number of nitro groups is 1. The summed E-state index contributed by atoms with van der Waals surface area (Å²) in [6.07, 6.45) is -0.814. The summed E-state index contributed by atoms with van der Waals surface area (Å²) in [5, 5.41) is 13.3. The minimum absolute atomic E-state index is 0.144. The van der Waals surface area contributed by atoms with E-state index < -0.39 is 22.9 Å². The highest BCUT2D eigenvalue weighted by atomic mass is 16.6. The summed E-state index contributed by atoms with van der Waals surface area (Å²) in [5.41, 5.74) is -0.143. The van der Waals surface area contributed by atoms with Crippen LogP contribution in [0.15, 0.2) is 18.2 Å². The number of non-ortho nitro benzene ring substituents is 1. The van der Waals surface area contributed by atoms with Crippen molar-refractivity contribution in [2.75, 3.05) is 12.4 Å². The van der Waals surface area contributed by atoms with E-state index in [0.29, 0.717) is 0 Å². The summed E-state index contributed by atoms with van der Waals surface area (Å²) in [5.74, 6) is -0.879. The molecule has 1 N–H and O–H groups in total. The standard InChI is InChI=1S/C16H22N2O6/c1-10(24-14(19)9-16(2,3)4)15(20)17-12-7-6-11(18(21)22)8-13(12)23-5/h6-8,10H,9H2,1-5H3,(H,17,20)/t10-/m1/s1. The first kappa shape index (κ1) is 19.4. The fraction of sp³-hybridized carbons (Fsp3) is 0.500. The molecule has 24 heavy (non-hydrogen) atoms. The van der Waals surface area contributed by atoms with E-state index in [2.05, 4.69) is 5.32 Å². The van der Waals surface area contributed by atoms with Gasteiger partial charge >= 0.3 is 5.97 Å². The fourth-order valence-electron chi connectivity index (χ4n) is 1.86. The number of carbonyl (C=O) groups is 2. The number of hydrogen-bond donors (Lipinski definition) is 1. The van der Waals surface area contributed by atoms with Crippen molar-refractivity contribution < 1.29 is 24.0 Å². The van der Waals surface area contributed by atoms with E-state index >= 15 is 0 Å². The predicted octanol–water partition coefficient (Wildman–Crippen LogP) is 2.91. The van der Waals surface area contributed by atoms with Crippen molar-refractivity contribution in [2.24, 2.45) is 5.41 Å². The Morgan fingerprint density at radius 1 is 1.33 bits per heavy atom. The van der Waals surface area contributed by atoms with Gasteiger partial charge in [0.05, 0.1) is 30.2 Å². The van der Waals surface area contributed by atoms with Crippen molar-refractivity contribution in [1.82, 2.24) is 0 Å². The van der Waals surface area contributed by atoms with Crippen molar-refractivity contribution in [3.63, 3.8) is 0 Å². The van der Waals surface area contributed by atoms with Crippen molar-refractivity contribution in [1.29, 1.82) is 0 Å². The Balaban J connectivity index is 2.76. The SMILES string of the molecule is COc1cc([N+](=O)[O-])ccc1NC(=O)[C@@H](C)OC(=O)CC(C)(C)C. The molecule has 8 heteroatoms. The summed E-state index contributed by atoms with van der Waals surface area (Å²) >= 11 is 0. The molecular formula is C16H22N2O6. The third kappa shape index (κ3) is 5.86. The number of nitrogens with one attached hydrogen (secondary N) is 1. The van der Waals surface area contributed by atoms with Gasteiger partial charge in [-0.15, -0.1) is 0 Å². The van der Waals surface area contributed by atoms with E-state index in [1.807, 2.05) is 20.8 Å². The summed E-state index contributed by atoms with van der Waals surface area (Å²) in [4.78, 5) is 34.1. The second-order valence-corrected chi connectivity index (χ2v) is 6.50. The third-order valence-corrected chi connectivity index (χ3v) is 3.01. The van der Waals surface area contributed by atoms with Gasteiger partial charge < -0.3 is 14.8 Å². The lowest BCUT2D eigenvalue weighted by Gasteiger charge is -2.19. The zero-order valence-corrected chi connectivity index (χ0v) is 14.4. The molecule has 0 heterocycles. The van der Waals surface area contributed by atoms with Gasteiger partial charge in [0.25, 0.3) is 11.6 Å². The first-order valence-electron chi connectivity index (χ1n) is 7.36. The van der Waals surface area contributed by atoms with E-state index in [1.54, 1.807) is 0 Å². The smallest absolute Gasteiger partial charge is 0.307 e. The highest BCUT2D eigenvalue weighted by molar-refractivity contribution is 5.96. The maximum atomic E-state index is 12.1. The van der Waals surface area contributed by atoms with Crippen LogP contribution in [-0.2, 0) is 14.3 Å². The number of benzene rings is 1. The van der Waals surface area contributed by atoms with Crippen molar-refractivity contribution in [2.45, 2.75) is 40.2 Å². The van der Waals surface area contributed by atoms with Gasteiger partial charge in [0.15, 0.2) is 6.10 Å². The molecule has 1 rings (SSSR count). The van der Waals surface area contributed by atoms with Crippen LogP contribution in [0.2, 0.25) is 0 Å². The van der Waals surface area contributed by atoms with Crippen LogP contribution in [0.5, 0.6) is 5.75 Å². The molecule has 1 aromatic carbocycles. The summed E-state index contributed by atoms with van der Waals surface area (Å²) in [6, 6.07) is 3.80. The zero-order chi connectivity index (χ0) is 18.5. The van der Waals surface area contributed by atoms with Crippen LogP contribution in [0, 0.1) is 15.5 Å². The Hall–Kier alpha value is -2.64. The number of esters is 1. The number of ether oxygens (including phenoxy) is 2. The average Bonchev–Trinajstić information content (AvgIpc) is 2.45. The molecule has 8 nitrogen and oxygen atoms in total. The third-order valence-electron chi connectivity index (χ3n) is 3.01. The Labute approximate surface area is 140 Å². The Morgan fingerprint density at radius 2 is 1.96 bits per heavy atom. The van der Waals surface area contributed by atoms with Gasteiger partial charge in [0.2, 0.25) is 0 Å². The van der Waals surface area contributed by atoms with Gasteiger partial charge in [-0.05, 0) is 18.4 Å². The van der Waals surface area contributed by atoms with Gasteiger partial charge in [-0.2, -0.15) is 0 Å². The maximum Gasteiger partial charge on any atom is 0.307 e. The van der Waals surface area contributed by atoms with Crippen LogP contribution in [-0.4, -0.2) is 30.0 Å². The minimum Gasteiger partial charge on any atom is -0.494 e. The quantitative estimate of drug-likeness (QED) is 0.485. The summed E-state index contributed by atoms with van der Waals surface area (Å²) in [6.45, 7) is 7.12. The number of carbonyl (C=O) groups excluding carboxylic acids is 2. The second-order valence-electron chi connectivity index (χ2n) is 6.50. The summed E-state index contributed by atoms with van der Waals surface area (Å²) < 4.78 is 10.1.